The van der Waals surface area contributed by atoms with Crippen LogP contribution >= 0.6 is 11.3 Å². The average molecular weight is 247 g/mol. The monoisotopic (exact) mass is 247 g/mol. The van der Waals surface area contributed by atoms with E-state index in [-0.39, 0.29) is 0 Å². The highest BCUT2D eigenvalue weighted by Gasteiger charge is 2.07. The fourth-order valence-electron chi connectivity index (χ4n) is 1.67. The van der Waals surface area contributed by atoms with Gasteiger partial charge in [-0.25, -0.2) is 0 Å². The van der Waals surface area contributed by atoms with Crippen LogP contribution in [0.3, 0.4) is 0 Å². The Balaban J connectivity index is 2.30. The van der Waals surface area contributed by atoms with E-state index in [4.69, 9.17) is 10.5 Å². The molecule has 0 bridgehead atoms. The number of benzene rings is 1. The zero-order chi connectivity index (χ0) is 12.1. The number of para-hydroxylation sites is 1. The first-order chi connectivity index (χ1) is 8.35. The molecule has 1 aromatic heterocycles. The van der Waals surface area contributed by atoms with Gasteiger partial charge in [-0.15, -0.1) is 11.3 Å². The Morgan fingerprint density at radius 2 is 2.12 bits per heavy atom. The van der Waals surface area contributed by atoms with Crippen molar-refractivity contribution in [1.82, 2.24) is 0 Å². The van der Waals surface area contributed by atoms with Crippen molar-refractivity contribution >= 4 is 11.3 Å². The highest BCUT2D eigenvalue weighted by molar-refractivity contribution is 7.10. The fourth-order valence-corrected chi connectivity index (χ4v) is 2.44. The predicted molar refractivity (Wildman–Crippen MR) is 73.4 cm³/mol. The second kappa shape index (κ2) is 5.84. The fraction of sp³-hybridized carbons (Fsp3) is 0.286. The van der Waals surface area contributed by atoms with Gasteiger partial charge in [-0.3, -0.25) is 0 Å². The molecule has 3 heteroatoms. The van der Waals surface area contributed by atoms with Crippen molar-refractivity contribution in [3.05, 3.63) is 40.6 Å². The van der Waals surface area contributed by atoms with E-state index in [2.05, 4.69) is 24.4 Å². The molecule has 0 saturated heterocycles. The van der Waals surface area contributed by atoms with Crippen LogP contribution in [0.5, 0.6) is 5.75 Å². The summed E-state index contributed by atoms with van der Waals surface area (Å²) in [6, 6.07) is 10.3. The van der Waals surface area contributed by atoms with E-state index in [1.54, 1.807) is 11.3 Å². The quantitative estimate of drug-likeness (QED) is 0.875. The summed E-state index contributed by atoms with van der Waals surface area (Å²) in [6.45, 7) is 3.47. The van der Waals surface area contributed by atoms with E-state index >= 15 is 0 Å². The summed E-state index contributed by atoms with van der Waals surface area (Å²) in [5.41, 5.74) is 7.99. The molecule has 0 amide bonds. The Labute approximate surface area is 106 Å². The van der Waals surface area contributed by atoms with Gasteiger partial charge in [-0.1, -0.05) is 25.1 Å². The third-order valence-electron chi connectivity index (χ3n) is 2.51. The van der Waals surface area contributed by atoms with Crippen molar-refractivity contribution in [3.63, 3.8) is 0 Å². The van der Waals surface area contributed by atoms with E-state index in [0.717, 1.165) is 24.3 Å². The SMILES string of the molecule is CCCOc1ccccc1-c1csc(CN)c1. The molecule has 0 radical (unpaired) electrons. The largest absolute Gasteiger partial charge is 0.493 e. The molecule has 2 rings (SSSR count). The molecule has 1 heterocycles. The number of ether oxygens (including phenoxy) is 1. The normalized spacial score (nSPS) is 10.5. The van der Waals surface area contributed by atoms with E-state index in [1.807, 2.05) is 18.2 Å². The van der Waals surface area contributed by atoms with E-state index in [0.29, 0.717) is 6.54 Å². The molecule has 2 aromatic rings. The van der Waals surface area contributed by atoms with Gasteiger partial charge in [0, 0.05) is 17.0 Å². The van der Waals surface area contributed by atoms with Crippen molar-refractivity contribution in [2.75, 3.05) is 6.61 Å². The molecule has 1 aromatic carbocycles. The first kappa shape index (κ1) is 12.1. The van der Waals surface area contributed by atoms with Crippen molar-refractivity contribution in [3.8, 4) is 16.9 Å². The summed E-state index contributed by atoms with van der Waals surface area (Å²) < 4.78 is 5.76. The zero-order valence-electron chi connectivity index (χ0n) is 9.98. The third kappa shape index (κ3) is 2.87. The maximum Gasteiger partial charge on any atom is 0.127 e. The molecule has 17 heavy (non-hydrogen) atoms. The molecule has 0 unspecified atom stereocenters. The lowest BCUT2D eigenvalue weighted by Crippen LogP contribution is -1.96. The molecule has 0 atom stereocenters. The van der Waals surface area contributed by atoms with Crippen LogP contribution in [-0.4, -0.2) is 6.61 Å². The Bertz CT molecular complexity index is 479. The van der Waals surface area contributed by atoms with Crippen LogP contribution < -0.4 is 10.5 Å². The molecule has 0 aliphatic heterocycles. The summed E-state index contributed by atoms with van der Waals surface area (Å²) in [6.07, 6.45) is 1.02. The minimum atomic E-state index is 0.600. The lowest BCUT2D eigenvalue weighted by Gasteiger charge is -2.09. The zero-order valence-corrected chi connectivity index (χ0v) is 10.8. The summed E-state index contributed by atoms with van der Waals surface area (Å²) in [7, 11) is 0. The van der Waals surface area contributed by atoms with Gasteiger partial charge < -0.3 is 10.5 Å². The molecule has 0 fully saturated rings. The van der Waals surface area contributed by atoms with Crippen LogP contribution in [0.4, 0.5) is 0 Å². The van der Waals surface area contributed by atoms with Gasteiger partial charge in [-0.05, 0) is 29.5 Å². The van der Waals surface area contributed by atoms with Crippen LogP contribution in [0, 0.1) is 0 Å². The molecule has 90 valence electrons. The third-order valence-corrected chi connectivity index (χ3v) is 3.47. The van der Waals surface area contributed by atoms with Crippen LogP contribution in [0.25, 0.3) is 11.1 Å². The molecule has 0 saturated carbocycles. The predicted octanol–water partition coefficient (Wildman–Crippen LogP) is 3.66. The van der Waals surface area contributed by atoms with Gasteiger partial charge in [0.05, 0.1) is 6.61 Å². The number of thiophene rings is 1. The second-order valence-electron chi connectivity index (χ2n) is 3.85. The van der Waals surface area contributed by atoms with Crippen LogP contribution in [-0.2, 0) is 6.54 Å². The van der Waals surface area contributed by atoms with Gasteiger partial charge in [0.25, 0.3) is 0 Å². The summed E-state index contributed by atoms with van der Waals surface area (Å²) in [4.78, 5) is 1.20. The molecule has 0 aliphatic rings. The van der Waals surface area contributed by atoms with Gasteiger partial charge in [0.2, 0.25) is 0 Å². The first-order valence-electron chi connectivity index (χ1n) is 5.84. The standard InChI is InChI=1S/C14H17NOS/c1-2-7-16-14-6-4-3-5-13(14)11-8-12(9-15)17-10-11/h3-6,8,10H,2,7,9,15H2,1H3. The van der Waals surface area contributed by atoms with Crippen molar-refractivity contribution in [2.24, 2.45) is 5.73 Å². The van der Waals surface area contributed by atoms with Gasteiger partial charge in [0.1, 0.15) is 5.75 Å². The maximum absolute atomic E-state index is 5.76. The lowest BCUT2D eigenvalue weighted by molar-refractivity contribution is 0.319. The highest BCUT2D eigenvalue weighted by Crippen LogP contribution is 2.32. The number of hydrogen-bond acceptors (Lipinski definition) is 3. The van der Waals surface area contributed by atoms with Crippen molar-refractivity contribution < 1.29 is 4.74 Å². The Hall–Kier alpha value is -1.32. The Morgan fingerprint density at radius 3 is 2.82 bits per heavy atom. The van der Waals surface area contributed by atoms with E-state index in [9.17, 15) is 0 Å². The Kier molecular flexibility index (Phi) is 4.18. The topological polar surface area (TPSA) is 35.2 Å². The number of nitrogens with two attached hydrogens (primary N) is 1. The molecule has 0 aliphatic carbocycles. The van der Waals surface area contributed by atoms with Crippen LogP contribution in [0.1, 0.15) is 18.2 Å². The molecular weight excluding hydrogens is 230 g/mol. The van der Waals surface area contributed by atoms with Gasteiger partial charge in [0.15, 0.2) is 0 Å². The molecule has 2 nitrogen and oxygen atoms in total. The maximum atomic E-state index is 5.76. The summed E-state index contributed by atoms with van der Waals surface area (Å²) in [5, 5.41) is 2.14. The van der Waals surface area contributed by atoms with E-state index < -0.39 is 0 Å². The molecular formula is C14H17NOS. The van der Waals surface area contributed by atoms with Crippen LogP contribution in [0.15, 0.2) is 35.7 Å². The first-order valence-corrected chi connectivity index (χ1v) is 6.72. The van der Waals surface area contributed by atoms with Gasteiger partial charge >= 0.3 is 0 Å². The highest BCUT2D eigenvalue weighted by atomic mass is 32.1. The van der Waals surface area contributed by atoms with Gasteiger partial charge in [-0.2, -0.15) is 0 Å². The average Bonchev–Trinajstić information content (AvgIpc) is 2.85. The Morgan fingerprint density at radius 1 is 1.29 bits per heavy atom. The van der Waals surface area contributed by atoms with Crippen LogP contribution in [0.2, 0.25) is 0 Å². The van der Waals surface area contributed by atoms with Crippen molar-refractivity contribution in [2.45, 2.75) is 19.9 Å². The minimum Gasteiger partial charge on any atom is -0.493 e. The minimum absolute atomic E-state index is 0.600. The number of rotatable bonds is 5. The second-order valence-corrected chi connectivity index (χ2v) is 4.85. The van der Waals surface area contributed by atoms with E-state index in [1.165, 1.54) is 10.4 Å². The summed E-state index contributed by atoms with van der Waals surface area (Å²) in [5.74, 6) is 0.954. The van der Waals surface area contributed by atoms with Crippen molar-refractivity contribution in [1.29, 1.82) is 0 Å². The lowest BCUT2D eigenvalue weighted by atomic mass is 10.1. The number of hydrogen-bond donors (Lipinski definition) is 1. The smallest absolute Gasteiger partial charge is 0.127 e. The summed E-state index contributed by atoms with van der Waals surface area (Å²) >= 11 is 1.70. The molecule has 2 N–H and O–H groups in total. The molecule has 0 spiro atoms.